The fourth-order valence-corrected chi connectivity index (χ4v) is 1.62. The van der Waals surface area contributed by atoms with Crippen LogP contribution < -0.4 is 10.8 Å². The minimum atomic E-state index is -0.256. The van der Waals surface area contributed by atoms with E-state index in [1.54, 1.807) is 12.1 Å². The van der Waals surface area contributed by atoms with Crippen molar-refractivity contribution in [3.63, 3.8) is 0 Å². The monoisotopic (exact) mass is 210 g/mol. The van der Waals surface area contributed by atoms with E-state index in [0.29, 0.717) is 5.69 Å². The van der Waals surface area contributed by atoms with Crippen molar-refractivity contribution in [3.05, 3.63) is 30.1 Å². The Bertz CT molecular complexity index is 313. The summed E-state index contributed by atoms with van der Waals surface area (Å²) in [6.07, 6.45) is 2.19. The van der Waals surface area contributed by atoms with Crippen LogP contribution in [0.4, 0.5) is 10.1 Å². The molecule has 1 aliphatic heterocycles. The fourth-order valence-electron chi connectivity index (χ4n) is 1.62. The summed E-state index contributed by atoms with van der Waals surface area (Å²) in [4.78, 5) is 5.47. The standard InChI is InChI=1S/C11H15FN2O/c12-9-2-1-3-10(8-9)14-15-11-4-6-13-7-5-11/h1-3,8,11,13-14H,4-7H2. The van der Waals surface area contributed by atoms with Crippen molar-refractivity contribution >= 4 is 5.69 Å². The van der Waals surface area contributed by atoms with Crippen molar-refractivity contribution < 1.29 is 9.23 Å². The third kappa shape index (κ3) is 3.18. The zero-order valence-electron chi connectivity index (χ0n) is 8.50. The molecule has 1 heterocycles. The molecule has 4 heteroatoms. The van der Waals surface area contributed by atoms with Gasteiger partial charge in [-0.1, -0.05) is 6.07 Å². The Morgan fingerprint density at radius 2 is 2.13 bits per heavy atom. The van der Waals surface area contributed by atoms with Crippen LogP contribution in [0.3, 0.4) is 0 Å². The molecule has 0 unspecified atom stereocenters. The molecular weight excluding hydrogens is 195 g/mol. The van der Waals surface area contributed by atoms with Crippen LogP contribution in [0.15, 0.2) is 24.3 Å². The highest BCUT2D eigenvalue weighted by Gasteiger charge is 2.13. The van der Waals surface area contributed by atoms with E-state index in [-0.39, 0.29) is 11.9 Å². The van der Waals surface area contributed by atoms with Crippen LogP contribution in [0, 0.1) is 5.82 Å². The van der Waals surface area contributed by atoms with Gasteiger partial charge in [0.1, 0.15) is 5.82 Å². The van der Waals surface area contributed by atoms with Crippen molar-refractivity contribution in [2.45, 2.75) is 18.9 Å². The van der Waals surface area contributed by atoms with E-state index in [4.69, 9.17) is 4.84 Å². The second-order valence-corrected chi connectivity index (χ2v) is 3.68. The number of benzene rings is 1. The zero-order valence-corrected chi connectivity index (χ0v) is 8.50. The highest BCUT2D eigenvalue weighted by Crippen LogP contribution is 2.12. The maximum atomic E-state index is 12.8. The number of hydrogen-bond donors (Lipinski definition) is 2. The lowest BCUT2D eigenvalue weighted by Gasteiger charge is -2.22. The molecule has 0 saturated carbocycles. The largest absolute Gasteiger partial charge is 0.317 e. The summed E-state index contributed by atoms with van der Waals surface area (Å²) in [5, 5.41) is 3.25. The molecule has 1 aromatic rings. The van der Waals surface area contributed by atoms with Crippen LogP contribution >= 0.6 is 0 Å². The number of piperidine rings is 1. The highest BCUT2D eigenvalue weighted by atomic mass is 19.1. The van der Waals surface area contributed by atoms with Crippen LogP contribution in [0.25, 0.3) is 0 Å². The zero-order chi connectivity index (χ0) is 10.5. The smallest absolute Gasteiger partial charge is 0.125 e. The van der Waals surface area contributed by atoms with E-state index >= 15 is 0 Å². The molecule has 1 fully saturated rings. The summed E-state index contributed by atoms with van der Waals surface area (Å²) in [5.74, 6) is -0.256. The van der Waals surface area contributed by atoms with Crippen molar-refractivity contribution in [1.82, 2.24) is 5.32 Å². The minimum Gasteiger partial charge on any atom is -0.317 e. The van der Waals surface area contributed by atoms with E-state index in [1.165, 1.54) is 12.1 Å². The topological polar surface area (TPSA) is 33.3 Å². The summed E-state index contributed by atoms with van der Waals surface area (Å²) in [6.45, 7) is 1.96. The molecule has 1 aliphatic rings. The summed E-state index contributed by atoms with van der Waals surface area (Å²) in [7, 11) is 0. The van der Waals surface area contributed by atoms with Gasteiger partial charge in [-0.3, -0.25) is 10.3 Å². The van der Waals surface area contributed by atoms with Crippen LogP contribution in [0.2, 0.25) is 0 Å². The first-order valence-electron chi connectivity index (χ1n) is 5.22. The highest BCUT2D eigenvalue weighted by molar-refractivity contribution is 5.40. The number of hydrogen-bond acceptors (Lipinski definition) is 3. The maximum Gasteiger partial charge on any atom is 0.125 e. The molecule has 2 N–H and O–H groups in total. The Hall–Kier alpha value is -1.13. The van der Waals surface area contributed by atoms with Gasteiger partial charge in [0, 0.05) is 0 Å². The molecule has 0 atom stereocenters. The molecule has 1 aromatic carbocycles. The third-order valence-electron chi connectivity index (χ3n) is 2.45. The Morgan fingerprint density at radius 3 is 2.87 bits per heavy atom. The molecule has 0 bridgehead atoms. The van der Waals surface area contributed by atoms with Gasteiger partial charge in [0.25, 0.3) is 0 Å². The second kappa shape index (κ2) is 5.09. The van der Waals surface area contributed by atoms with E-state index < -0.39 is 0 Å². The molecule has 0 aliphatic carbocycles. The van der Waals surface area contributed by atoms with E-state index in [2.05, 4.69) is 10.8 Å². The van der Waals surface area contributed by atoms with Crippen molar-refractivity contribution in [2.24, 2.45) is 0 Å². The van der Waals surface area contributed by atoms with Gasteiger partial charge in [-0.05, 0) is 44.1 Å². The SMILES string of the molecule is Fc1cccc(NOC2CCNCC2)c1. The molecular formula is C11H15FN2O. The van der Waals surface area contributed by atoms with Crippen LogP contribution in [-0.2, 0) is 4.84 Å². The summed E-state index contributed by atoms with van der Waals surface area (Å²) >= 11 is 0. The lowest BCUT2D eigenvalue weighted by atomic mass is 10.1. The Morgan fingerprint density at radius 1 is 1.33 bits per heavy atom. The number of halogens is 1. The molecule has 0 amide bonds. The predicted molar refractivity (Wildman–Crippen MR) is 57.0 cm³/mol. The quantitative estimate of drug-likeness (QED) is 0.748. The Balaban J connectivity index is 1.81. The van der Waals surface area contributed by atoms with E-state index in [1.807, 2.05) is 0 Å². The fraction of sp³-hybridized carbons (Fsp3) is 0.455. The molecule has 82 valence electrons. The Kier molecular flexibility index (Phi) is 3.53. The molecule has 3 nitrogen and oxygen atoms in total. The summed E-state index contributed by atoms with van der Waals surface area (Å²) < 4.78 is 12.8. The number of rotatable bonds is 3. The van der Waals surface area contributed by atoms with Crippen molar-refractivity contribution in [2.75, 3.05) is 18.6 Å². The summed E-state index contributed by atoms with van der Waals surface area (Å²) in [5.41, 5.74) is 3.45. The van der Waals surface area contributed by atoms with Gasteiger partial charge in [-0.15, -0.1) is 0 Å². The van der Waals surface area contributed by atoms with E-state index in [0.717, 1.165) is 25.9 Å². The minimum absolute atomic E-state index is 0.217. The first-order valence-corrected chi connectivity index (χ1v) is 5.22. The van der Waals surface area contributed by atoms with Crippen molar-refractivity contribution in [3.8, 4) is 0 Å². The van der Waals surface area contributed by atoms with Gasteiger partial charge < -0.3 is 5.32 Å². The maximum absolute atomic E-state index is 12.8. The molecule has 0 spiro atoms. The first kappa shape index (κ1) is 10.4. The van der Waals surface area contributed by atoms with Gasteiger partial charge in [0.05, 0.1) is 11.8 Å². The predicted octanol–water partition coefficient (Wildman–Crippen LogP) is 1.92. The van der Waals surface area contributed by atoms with Gasteiger partial charge >= 0.3 is 0 Å². The van der Waals surface area contributed by atoms with Gasteiger partial charge in [-0.25, -0.2) is 4.39 Å². The number of nitrogens with one attached hydrogen (secondary N) is 2. The molecule has 2 rings (SSSR count). The first-order chi connectivity index (χ1) is 7.34. The molecule has 0 aromatic heterocycles. The number of anilines is 1. The van der Waals surface area contributed by atoms with Crippen LogP contribution in [-0.4, -0.2) is 19.2 Å². The average molecular weight is 210 g/mol. The second-order valence-electron chi connectivity index (χ2n) is 3.68. The average Bonchev–Trinajstić information content (AvgIpc) is 2.28. The van der Waals surface area contributed by atoms with Gasteiger partial charge in [0.2, 0.25) is 0 Å². The summed E-state index contributed by atoms with van der Waals surface area (Å²) in [6, 6.07) is 6.27. The van der Waals surface area contributed by atoms with Gasteiger partial charge in [0.15, 0.2) is 0 Å². The van der Waals surface area contributed by atoms with Crippen LogP contribution in [0.5, 0.6) is 0 Å². The molecule has 15 heavy (non-hydrogen) atoms. The molecule has 0 radical (unpaired) electrons. The Labute approximate surface area is 88.6 Å². The van der Waals surface area contributed by atoms with Crippen LogP contribution in [0.1, 0.15) is 12.8 Å². The lowest BCUT2D eigenvalue weighted by molar-refractivity contribution is 0.0740. The third-order valence-corrected chi connectivity index (χ3v) is 2.45. The molecule has 1 saturated heterocycles. The van der Waals surface area contributed by atoms with E-state index in [9.17, 15) is 4.39 Å². The normalized spacial score (nSPS) is 17.7. The van der Waals surface area contributed by atoms with Gasteiger partial charge in [-0.2, -0.15) is 0 Å². The lowest BCUT2D eigenvalue weighted by Crippen LogP contribution is -2.33. The van der Waals surface area contributed by atoms with Crippen molar-refractivity contribution in [1.29, 1.82) is 0 Å².